The van der Waals surface area contributed by atoms with Gasteiger partial charge in [0.1, 0.15) is 43.7 Å². The highest BCUT2D eigenvalue weighted by atomic mass is 19.4. The first-order chi connectivity index (χ1) is 36.6. The van der Waals surface area contributed by atoms with Gasteiger partial charge in [-0.1, -0.05) is 6.92 Å². The minimum atomic E-state index is -4.95. The van der Waals surface area contributed by atoms with Crippen LogP contribution in [-0.2, 0) is 57.3 Å². The number of rotatable bonds is 22. The lowest BCUT2D eigenvalue weighted by Gasteiger charge is -2.22. The molecule has 0 spiro atoms. The van der Waals surface area contributed by atoms with Gasteiger partial charge in [0.2, 0.25) is 58.9 Å². The summed E-state index contributed by atoms with van der Waals surface area (Å²) in [5.74, 6) is -7.46. The number of ketones is 2. The van der Waals surface area contributed by atoms with Crippen molar-refractivity contribution in [3.8, 4) is 0 Å². The van der Waals surface area contributed by atoms with Crippen LogP contribution < -0.4 is 31.9 Å². The minimum absolute atomic E-state index is 0.0152. The lowest BCUT2D eigenvalue weighted by atomic mass is 10.1. The third-order valence-corrected chi connectivity index (χ3v) is 11.0. The third kappa shape index (κ3) is 16.3. The zero-order valence-electron chi connectivity index (χ0n) is 41.9. The fraction of sp³-hybridized carbons (Fsp3) is 0.581. The van der Waals surface area contributed by atoms with Crippen molar-refractivity contribution in [2.24, 2.45) is 0 Å². The van der Waals surface area contributed by atoms with Gasteiger partial charge in [-0.3, -0.25) is 58.1 Å². The molecule has 428 valence electrons. The Bertz CT molecular complexity index is 2660. The van der Waals surface area contributed by atoms with Crippen molar-refractivity contribution >= 4 is 92.9 Å². The molecule has 2 aliphatic rings. The zero-order valence-corrected chi connectivity index (χ0v) is 41.9. The molecule has 2 unspecified atom stereocenters. The fourth-order valence-electron chi connectivity index (χ4n) is 7.56. The number of amides is 6. The summed E-state index contributed by atoms with van der Waals surface area (Å²) in [6.45, 7) is 4.47. The van der Waals surface area contributed by atoms with Crippen LogP contribution >= 0.6 is 0 Å². The van der Waals surface area contributed by atoms with Gasteiger partial charge in [-0.15, -0.1) is 0 Å². The van der Waals surface area contributed by atoms with E-state index < -0.39 is 141 Å². The van der Waals surface area contributed by atoms with Gasteiger partial charge in [-0.25, -0.2) is 9.97 Å². The predicted octanol–water partition coefficient (Wildman–Crippen LogP) is 0.231. The molecule has 6 rings (SSSR count). The second-order valence-electron chi connectivity index (χ2n) is 17.2. The number of hydrogen-bond acceptors (Lipinski definition) is 21. The largest absolute Gasteiger partial charge is 0.449 e. The Morgan fingerprint density at radius 1 is 0.603 bits per heavy atom. The van der Waals surface area contributed by atoms with E-state index in [4.69, 9.17) is 18.9 Å². The first kappa shape index (κ1) is 61.4. The maximum Gasteiger partial charge on any atom is 0.449 e. The van der Waals surface area contributed by atoms with Crippen LogP contribution in [0.25, 0.3) is 22.3 Å². The average molecular weight is 1120 g/mol. The van der Waals surface area contributed by atoms with Crippen molar-refractivity contribution in [3.63, 3.8) is 0 Å². The van der Waals surface area contributed by atoms with E-state index >= 15 is 0 Å². The van der Waals surface area contributed by atoms with Crippen molar-refractivity contribution in [2.75, 3.05) is 54.2 Å². The molecule has 0 radical (unpaired) electrons. The van der Waals surface area contributed by atoms with E-state index in [1.807, 2.05) is 0 Å². The van der Waals surface area contributed by atoms with Crippen LogP contribution in [0.5, 0.6) is 0 Å². The van der Waals surface area contributed by atoms with Gasteiger partial charge in [-0.2, -0.15) is 46.3 Å². The Kier molecular flexibility index (Phi) is 21.1. The van der Waals surface area contributed by atoms with Gasteiger partial charge in [0, 0.05) is 53.6 Å². The molecule has 2 fully saturated rings. The quantitative estimate of drug-likeness (QED) is 0.0376. The number of aliphatic hydroxyl groups is 3. The van der Waals surface area contributed by atoms with E-state index in [1.54, 1.807) is 6.92 Å². The molecule has 6 amide bonds. The molecule has 0 bridgehead atoms. The molecule has 78 heavy (non-hydrogen) atoms. The number of aromatic nitrogens is 8. The Hall–Kier alpha value is -7.44. The molecule has 2 saturated heterocycles. The van der Waals surface area contributed by atoms with Gasteiger partial charge in [0.25, 0.3) is 0 Å². The van der Waals surface area contributed by atoms with E-state index in [0.29, 0.717) is 6.42 Å². The molecule has 35 heteroatoms. The van der Waals surface area contributed by atoms with Crippen molar-refractivity contribution in [2.45, 2.75) is 128 Å². The summed E-state index contributed by atoms with van der Waals surface area (Å²) in [5.41, 5.74) is 0.413. The van der Waals surface area contributed by atoms with Crippen molar-refractivity contribution in [1.29, 1.82) is 0 Å². The van der Waals surface area contributed by atoms with E-state index in [2.05, 4.69) is 61.8 Å². The fourth-order valence-corrected chi connectivity index (χ4v) is 7.56. The van der Waals surface area contributed by atoms with Crippen molar-refractivity contribution in [1.82, 2.24) is 49.7 Å². The molecular weight excluding hydrogens is 1070 g/mol. The van der Waals surface area contributed by atoms with Crippen LogP contribution in [0.3, 0.4) is 0 Å². The number of nitrogens with zero attached hydrogens (tertiary/aromatic N) is 8. The number of imidazole rings is 2. The maximum absolute atomic E-state index is 12.3. The number of alkyl halides is 6. The molecule has 4 aromatic heterocycles. The summed E-state index contributed by atoms with van der Waals surface area (Å²) < 4.78 is 99.2. The van der Waals surface area contributed by atoms with Gasteiger partial charge < -0.3 is 55.5 Å². The average Bonchev–Trinajstić information content (AvgIpc) is 4.13. The third-order valence-electron chi connectivity index (χ3n) is 11.0. The number of carbonyl (C=O) groups is 8. The maximum atomic E-state index is 12.3. The Labute approximate surface area is 435 Å². The van der Waals surface area contributed by atoms with Crippen molar-refractivity contribution in [3.05, 3.63) is 12.7 Å². The van der Waals surface area contributed by atoms with Gasteiger partial charge in [0.05, 0.1) is 25.4 Å². The van der Waals surface area contributed by atoms with Crippen LogP contribution in [0.15, 0.2) is 12.7 Å². The number of halogens is 6. The molecule has 6 heterocycles. The van der Waals surface area contributed by atoms with E-state index in [1.165, 1.54) is 49.5 Å². The van der Waals surface area contributed by atoms with E-state index in [0.717, 1.165) is 0 Å². The Balaban J connectivity index is 0.000000287. The highest BCUT2D eigenvalue weighted by molar-refractivity contribution is 5.98. The summed E-state index contributed by atoms with van der Waals surface area (Å²) >= 11 is 0. The SMILES string of the molecule is CC(=O)Nc1nc(NC(C)=O)c2ncn([C@@H]3O[C@H](CO)C(O)[C@@H]3OCC(=O)NCCCC(=O)C(F)(F)F)c2n1.CC[C@H]1O[C@@H](n2cnc3c(NC(C)=O)nc(NC(C)=O)nc32)[C@@H](OCC(=O)NCCCC(=O)C(F)(F)F)C1O. The van der Waals surface area contributed by atoms with Gasteiger partial charge in [-0.05, 0) is 19.3 Å². The minimum Gasteiger partial charge on any atom is -0.394 e. The summed E-state index contributed by atoms with van der Waals surface area (Å²) in [6, 6.07) is 0. The molecule has 2 aliphatic heterocycles. The smallest absolute Gasteiger partial charge is 0.394 e. The number of carbonyl (C=O) groups excluding carboxylic acids is 8. The summed E-state index contributed by atoms with van der Waals surface area (Å²) in [5, 5.41) is 45.5. The summed E-state index contributed by atoms with van der Waals surface area (Å²) in [7, 11) is 0. The number of fused-ring (bicyclic) bond motifs is 2. The van der Waals surface area contributed by atoms with Gasteiger partial charge >= 0.3 is 12.4 Å². The summed E-state index contributed by atoms with van der Waals surface area (Å²) in [6.07, 6.45) is -18.0. The van der Waals surface area contributed by atoms with Crippen LogP contribution in [0.1, 0.15) is 79.2 Å². The molecule has 0 aliphatic carbocycles. The number of anilines is 4. The summed E-state index contributed by atoms with van der Waals surface area (Å²) in [4.78, 5) is 118. The second kappa shape index (κ2) is 26.7. The predicted molar refractivity (Wildman–Crippen MR) is 251 cm³/mol. The molecule has 0 saturated carbocycles. The highest BCUT2D eigenvalue weighted by Gasteiger charge is 2.48. The molecule has 8 atom stereocenters. The zero-order chi connectivity index (χ0) is 57.8. The standard InChI is InChI=1S/C22H28F3N7O7.C21H26F3N7O8/c1-4-12-16(37)17(38-8-14(36)26-7-5-6-13(35)22(23,24)25)20(39-12)32-9-27-15-18(28-10(2)33)30-21(29-11(3)34)31-19(15)32;1-9(33)27-17-14-18(30-20(29-17)28-10(2)34)31(8-26-14)19-16(15(37)11(6-32)39-19)38-7-13(36)25-5-3-4-12(35)21(22,23)24/h9,12,16-17,20,37H,4-8H2,1-3H3,(H,26,36)(H2,28,29,30,31,33,34);8,11,15-16,19,32,37H,3-7H2,1-2H3,(H,25,36)(H2,27,28,29,30,33,34)/t12-,16?,17+,20-;11-,15?,16+,19-/m11/s1. The second-order valence-corrected chi connectivity index (χ2v) is 17.2. The van der Waals surface area contributed by atoms with E-state index in [9.17, 15) is 80.0 Å². The number of nitrogens with one attached hydrogen (secondary N) is 6. The van der Waals surface area contributed by atoms with Crippen LogP contribution in [0.4, 0.5) is 49.9 Å². The number of hydrogen-bond donors (Lipinski definition) is 9. The molecule has 4 aromatic rings. The first-order valence-corrected chi connectivity index (χ1v) is 23.5. The lowest BCUT2D eigenvalue weighted by molar-refractivity contribution is -0.171. The number of Topliss-reactive ketones (excluding diaryl/α,β-unsaturated/α-hetero) is 2. The normalized spacial score (nSPS) is 21.1. The highest BCUT2D eigenvalue weighted by Crippen LogP contribution is 2.37. The van der Waals surface area contributed by atoms with Crippen LogP contribution in [0, 0.1) is 0 Å². The van der Waals surface area contributed by atoms with Crippen molar-refractivity contribution < 1.29 is 99.0 Å². The van der Waals surface area contributed by atoms with Crippen LogP contribution in [-0.4, -0.2) is 183 Å². The molecule has 29 nitrogen and oxygen atoms in total. The Morgan fingerprint density at radius 3 is 1.32 bits per heavy atom. The monoisotopic (exact) mass is 1120 g/mol. The lowest BCUT2D eigenvalue weighted by Crippen LogP contribution is -2.38. The number of aliphatic hydroxyl groups excluding tert-OH is 3. The van der Waals surface area contributed by atoms with Gasteiger partial charge in [0.15, 0.2) is 46.4 Å². The molecular formula is C43H54F6N14O15. The molecule has 0 aromatic carbocycles. The molecule has 9 N–H and O–H groups in total. The van der Waals surface area contributed by atoms with E-state index in [-0.39, 0.29) is 71.8 Å². The van der Waals surface area contributed by atoms with Crippen LogP contribution in [0.2, 0.25) is 0 Å². The first-order valence-electron chi connectivity index (χ1n) is 23.5. The Morgan fingerprint density at radius 2 is 0.974 bits per heavy atom. The topological polar surface area (TPSA) is 394 Å². The number of ether oxygens (including phenoxy) is 4.